The number of benzene rings is 2. The van der Waals surface area contributed by atoms with Gasteiger partial charge in [-0.2, -0.15) is 0 Å². The first kappa shape index (κ1) is 17.3. The van der Waals surface area contributed by atoms with Crippen molar-refractivity contribution in [1.82, 2.24) is 4.98 Å². The van der Waals surface area contributed by atoms with Gasteiger partial charge in [-0.05, 0) is 31.0 Å². The third-order valence-electron chi connectivity index (χ3n) is 3.97. The number of aromatic amines is 1. The third kappa shape index (κ3) is 3.44. The number of fused-ring (bicyclic) bond motifs is 1. The van der Waals surface area contributed by atoms with Crippen LogP contribution in [0.3, 0.4) is 0 Å². The van der Waals surface area contributed by atoms with Gasteiger partial charge in [0.2, 0.25) is 5.88 Å². The maximum absolute atomic E-state index is 12.0. The molecule has 0 aliphatic carbocycles. The smallest absolute Gasteiger partial charge is 0.269 e. The standard InChI is InChI=1S/C18H16N4O4/c1-10-7-11(2)16-14(8-10)17(18(24)19-16)21-20-15(23)9-12-3-5-13(6-4-12)22(25)26/h3-8,19,24H,9H2,1-2H3. The van der Waals surface area contributed by atoms with E-state index in [0.29, 0.717) is 10.9 Å². The molecule has 0 aliphatic rings. The van der Waals surface area contributed by atoms with Gasteiger partial charge < -0.3 is 10.1 Å². The minimum Gasteiger partial charge on any atom is -0.493 e. The van der Waals surface area contributed by atoms with E-state index in [9.17, 15) is 20.0 Å². The van der Waals surface area contributed by atoms with E-state index >= 15 is 0 Å². The number of hydrogen-bond donors (Lipinski definition) is 2. The van der Waals surface area contributed by atoms with Crippen LogP contribution in [0.15, 0.2) is 46.6 Å². The molecule has 1 amide bonds. The summed E-state index contributed by atoms with van der Waals surface area (Å²) >= 11 is 0. The largest absolute Gasteiger partial charge is 0.493 e. The fourth-order valence-corrected chi connectivity index (χ4v) is 2.78. The minimum atomic E-state index is -0.517. The minimum absolute atomic E-state index is 0.0390. The molecule has 1 heterocycles. The number of nitro benzene ring substituents is 1. The second-order valence-electron chi connectivity index (χ2n) is 6.02. The van der Waals surface area contributed by atoms with Crippen LogP contribution in [0, 0.1) is 24.0 Å². The topological polar surface area (TPSA) is 121 Å². The summed E-state index contributed by atoms with van der Waals surface area (Å²) in [5.74, 6) is -0.669. The fraction of sp³-hybridized carbons (Fsp3) is 0.167. The van der Waals surface area contributed by atoms with Gasteiger partial charge in [-0.3, -0.25) is 14.9 Å². The molecule has 26 heavy (non-hydrogen) atoms. The van der Waals surface area contributed by atoms with Crippen LogP contribution >= 0.6 is 0 Å². The number of amides is 1. The van der Waals surface area contributed by atoms with E-state index in [2.05, 4.69) is 15.2 Å². The number of azo groups is 1. The monoisotopic (exact) mass is 352 g/mol. The summed E-state index contributed by atoms with van der Waals surface area (Å²) < 4.78 is 0. The molecular formula is C18H16N4O4. The van der Waals surface area contributed by atoms with Gasteiger partial charge in [-0.15, -0.1) is 10.2 Å². The summed E-state index contributed by atoms with van der Waals surface area (Å²) in [4.78, 5) is 25.0. The van der Waals surface area contributed by atoms with E-state index in [0.717, 1.165) is 16.6 Å². The zero-order valence-corrected chi connectivity index (χ0v) is 14.2. The highest BCUT2D eigenvalue weighted by Gasteiger charge is 2.13. The number of non-ortho nitro benzene ring substituents is 1. The van der Waals surface area contributed by atoms with Gasteiger partial charge in [0.1, 0.15) is 0 Å². The van der Waals surface area contributed by atoms with Crippen LogP contribution in [0.2, 0.25) is 0 Å². The van der Waals surface area contributed by atoms with Crippen molar-refractivity contribution in [3.8, 4) is 5.88 Å². The number of rotatable bonds is 4. The molecule has 2 N–H and O–H groups in total. The van der Waals surface area contributed by atoms with Crippen LogP contribution in [-0.2, 0) is 11.2 Å². The second kappa shape index (κ2) is 6.75. The van der Waals surface area contributed by atoms with Crippen LogP contribution < -0.4 is 0 Å². The van der Waals surface area contributed by atoms with Crippen molar-refractivity contribution in [3.05, 3.63) is 63.2 Å². The molecule has 0 saturated heterocycles. The SMILES string of the molecule is Cc1cc(C)c2[nH]c(O)c(N=NC(=O)Cc3ccc([N+](=O)[O-])cc3)c2c1. The van der Waals surface area contributed by atoms with Crippen molar-refractivity contribution in [2.24, 2.45) is 10.2 Å². The molecule has 2 aromatic carbocycles. The van der Waals surface area contributed by atoms with Gasteiger partial charge in [-0.1, -0.05) is 23.8 Å². The molecule has 0 spiro atoms. The lowest BCUT2D eigenvalue weighted by atomic mass is 10.1. The molecule has 0 unspecified atom stereocenters. The molecular weight excluding hydrogens is 336 g/mol. The first-order valence-corrected chi connectivity index (χ1v) is 7.85. The Kier molecular flexibility index (Phi) is 4.49. The molecule has 0 fully saturated rings. The Morgan fingerprint density at radius 3 is 2.58 bits per heavy atom. The lowest BCUT2D eigenvalue weighted by Crippen LogP contribution is -1.98. The average molecular weight is 352 g/mol. The Morgan fingerprint density at radius 1 is 1.23 bits per heavy atom. The number of aromatic hydroxyl groups is 1. The van der Waals surface area contributed by atoms with Crippen LogP contribution in [0.5, 0.6) is 5.88 Å². The lowest BCUT2D eigenvalue weighted by Gasteiger charge is -1.99. The summed E-state index contributed by atoms with van der Waals surface area (Å²) in [6.45, 7) is 3.84. The van der Waals surface area contributed by atoms with E-state index < -0.39 is 10.8 Å². The number of nitro groups is 1. The number of carbonyl (C=O) groups is 1. The second-order valence-corrected chi connectivity index (χ2v) is 6.02. The normalized spacial score (nSPS) is 11.3. The van der Waals surface area contributed by atoms with Crippen molar-refractivity contribution in [1.29, 1.82) is 0 Å². The van der Waals surface area contributed by atoms with Gasteiger partial charge in [0, 0.05) is 17.5 Å². The number of nitrogens with zero attached hydrogens (tertiary/aromatic N) is 3. The van der Waals surface area contributed by atoms with Gasteiger partial charge in [-0.25, -0.2) is 0 Å². The lowest BCUT2D eigenvalue weighted by molar-refractivity contribution is -0.384. The van der Waals surface area contributed by atoms with Crippen LogP contribution in [0.25, 0.3) is 10.9 Å². The highest BCUT2D eigenvalue weighted by molar-refractivity contribution is 5.96. The molecule has 3 rings (SSSR count). The molecule has 0 radical (unpaired) electrons. The van der Waals surface area contributed by atoms with Crippen molar-refractivity contribution in [2.45, 2.75) is 20.3 Å². The van der Waals surface area contributed by atoms with Gasteiger partial charge in [0.05, 0.1) is 16.9 Å². The predicted molar refractivity (Wildman–Crippen MR) is 95.8 cm³/mol. The van der Waals surface area contributed by atoms with Crippen molar-refractivity contribution >= 4 is 28.2 Å². The highest BCUT2D eigenvalue weighted by Crippen LogP contribution is 2.37. The molecule has 3 aromatic rings. The van der Waals surface area contributed by atoms with Crippen molar-refractivity contribution in [3.63, 3.8) is 0 Å². The Labute approximate surface area is 148 Å². The average Bonchev–Trinajstić information content (AvgIpc) is 2.89. The Morgan fingerprint density at radius 2 is 1.92 bits per heavy atom. The van der Waals surface area contributed by atoms with E-state index in [1.165, 1.54) is 24.3 Å². The molecule has 0 saturated carbocycles. The number of aryl methyl sites for hydroxylation is 2. The van der Waals surface area contributed by atoms with Crippen LogP contribution in [0.1, 0.15) is 16.7 Å². The molecule has 8 heteroatoms. The summed E-state index contributed by atoms with van der Waals surface area (Å²) in [5, 5.41) is 28.9. The van der Waals surface area contributed by atoms with Gasteiger partial charge >= 0.3 is 0 Å². The number of aromatic nitrogens is 1. The van der Waals surface area contributed by atoms with E-state index in [1.54, 1.807) is 0 Å². The quantitative estimate of drug-likeness (QED) is 0.414. The zero-order chi connectivity index (χ0) is 18.8. The van der Waals surface area contributed by atoms with Gasteiger partial charge in [0.15, 0.2) is 5.69 Å². The van der Waals surface area contributed by atoms with Gasteiger partial charge in [0.25, 0.3) is 11.6 Å². The predicted octanol–water partition coefficient (Wildman–Crippen LogP) is 4.25. The first-order valence-electron chi connectivity index (χ1n) is 7.85. The van der Waals surface area contributed by atoms with Crippen LogP contribution in [-0.4, -0.2) is 20.9 Å². The Balaban J connectivity index is 1.81. The summed E-state index contributed by atoms with van der Waals surface area (Å²) in [5.41, 5.74) is 3.46. The van der Waals surface area contributed by atoms with E-state index in [4.69, 9.17) is 0 Å². The van der Waals surface area contributed by atoms with Crippen LogP contribution in [0.4, 0.5) is 11.4 Å². The summed E-state index contributed by atoms with van der Waals surface area (Å²) in [7, 11) is 0. The number of nitrogens with one attached hydrogen (secondary N) is 1. The third-order valence-corrected chi connectivity index (χ3v) is 3.97. The fourth-order valence-electron chi connectivity index (χ4n) is 2.78. The molecule has 132 valence electrons. The maximum atomic E-state index is 12.0. The van der Waals surface area contributed by atoms with E-state index in [1.807, 2.05) is 26.0 Å². The molecule has 0 aliphatic heterocycles. The Hall–Kier alpha value is -3.55. The zero-order valence-electron chi connectivity index (χ0n) is 14.2. The molecule has 0 bridgehead atoms. The summed E-state index contributed by atoms with van der Waals surface area (Å²) in [6, 6.07) is 9.49. The van der Waals surface area contributed by atoms with Crippen molar-refractivity contribution < 1.29 is 14.8 Å². The summed E-state index contributed by atoms with van der Waals surface area (Å²) in [6.07, 6.45) is -0.0390. The first-order chi connectivity index (χ1) is 12.3. The van der Waals surface area contributed by atoms with Crippen molar-refractivity contribution in [2.75, 3.05) is 0 Å². The molecule has 0 atom stereocenters. The highest BCUT2D eigenvalue weighted by atomic mass is 16.6. The Bertz CT molecular complexity index is 1040. The maximum Gasteiger partial charge on any atom is 0.269 e. The number of hydrogen-bond acceptors (Lipinski definition) is 5. The van der Waals surface area contributed by atoms with E-state index in [-0.39, 0.29) is 23.7 Å². The number of carbonyl (C=O) groups excluding carboxylic acids is 1. The number of H-pyrrole nitrogens is 1. The molecule has 1 aromatic heterocycles. The molecule has 8 nitrogen and oxygen atoms in total.